The Morgan fingerprint density at radius 2 is 1.38 bits per heavy atom. The molecule has 2 aliphatic heterocycles. The summed E-state index contributed by atoms with van der Waals surface area (Å²) in [6.45, 7) is 7.27. The number of sulfonamides is 1. The van der Waals surface area contributed by atoms with Crippen molar-refractivity contribution < 1.29 is 18.0 Å². The lowest BCUT2D eigenvalue weighted by Crippen LogP contribution is -2.52. The van der Waals surface area contributed by atoms with Crippen molar-refractivity contribution in [2.45, 2.75) is 31.7 Å². The van der Waals surface area contributed by atoms with Gasteiger partial charge in [-0.2, -0.15) is 4.31 Å². The van der Waals surface area contributed by atoms with Crippen molar-refractivity contribution in [3.63, 3.8) is 0 Å². The molecule has 3 amide bonds. The normalized spacial score (nSPS) is 20.9. The molecule has 0 radical (unpaired) electrons. The van der Waals surface area contributed by atoms with Crippen molar-refractivity contribution in [3.05, 3.63) is 59.7 Å². The first-order valence-corrected chi connectivity index (χ1v) is 12.1. The molecule has 1 atom stereocenters. The minimum atomic E-state index is -3.56. The molecule has 2 aliphatic rings. The van der Waals surface area contributed by atoms with Crippen molar-refractivity contribution in [2.75, 3.05) is 37.7 Å². The molecule has 2 aromatic carbocycles. The van der Waals surface area contributed by atoms with Crippen LogP contribution in [0.2, 0.25) is 0 Å². The zero-order valence-electron chi connectivity index (χ0n) is 18.6. The van der Waals surface area contributed by atoms with E-state index in [-0.39, 0.29) is 23.5 Å². The fourth-order valence-corrected chi connectivity index (χ4v) is 5.49. The predicted octanol–water partition coefficient (Wildman–Crippen LogP) is 2.42. The van der Waals surface area contributed by atoms with Crippen LogP contribution in [0.15, 0.2) is 53.4 Å². The second-order valence-electron chi connectivity index (χ2n) is 8.41. The smallest absolute Gasteiger partial charge is 0.283 e. The van der Waals surface area contributed by atoms with Crippen LogP contribution in [-0.4, -0.2) is 73.4 Å². The number of carbonyl (C=O) groups excluding carboxylic acids is 2. The number of anilines is 1. The number of piperazine rings is 1. The highest BCUT2D eigenvalue weighted by Crippen LogP contribution is 2.27. The lowest BCUT2D eigenvalue weighted by Gasteiger charge is -2.35. The summed E-state index contributed by atoms with van der Waals surface area (Å²) >= 11 is 0. The molecule has 2 aromatic rings. The van der Waals surface area contributed by atoms with Crippen molar-refractivity contribution in [3.8, 4) is 0 Å². The summed E-state index contributed by atoms with van der Waals surface area (Å²) in [7, 11) is -3.56. The number of amides is 3. The number of carbonyl (C=O) groups is 2. The van der Waals surface area contributed by atoms with E-state index in [0.29, 0.717) is 31.9 Å². The van der Waals surface area contributed by atoms with E-state index >= 15 is 0 Å². The number of hydrogen-bond donors (Lipinski definition) is 0. The van der Waals surface area contributed by atoms with E-state index in [1.165, 1.54) is 14.1 Å². The Morgan fingerprint density at radius 3 is 1.94 bits per heavy atom. The lowest BCUT2D eigenvalue weighted by molar-refractivity contribution is -0.128. The Bertz CT molecular complexity index is 1110. The molecule has 9 heteroatoms. The summed E-state index contributed by atoms with van der Waals surface area (Å²) in [4.78, 5) is 30.8. The monoisotopic (exact) mass is 456 g/mol. The van der Waals surface area contributed by atoms with Gasteiger partial charge in [0.05, 0.1) is 11.6 Å². The van der Waals surface area contributed by atoms with E-state index < -0.39 is 16.1 Å². The number of benzene rings is 2. The van der Waals surface area contributed by atoms with E-state index in [2.05, 4.69) is 0 Å². The summed E-state index contributed by atoms with van der Waals surface area (Å²) in [5.74, 6) is -0.245. The van der Waals surface area contributed by atoms with Crippen LogP contribution in [0.5, 0.6) is 0 Å². The number of imide groups is 1. The predicted molar refractivity (Wildman–Crippen MR) is 122 cm³/mol. The third kappa shape index (κ3) is 4.15. The molecule has 0 N–H and O–H groups in total. The lowest BCUT2D eigenvalue weighted by atomic mass is 10.2. The third-order valence-electron chi connectivity index (χ3n) is 6.09. The van der Waals surface area contributed by atoms with E-state index in [1.54, 1.807) is 31.2 Å². The fourth-order valence-electron chi connectivity index (χ4n) is 4.07. The summed E-state index contributed by atoms with van der Waals surface area (Å²) in [5, 5.41) is 0. The zero-order valence-corrected chi connectivity index (χ0v) is 19.4. The van der Waals surface area contributed by atoms with Crippen molar-refractivity contribution in [1.29, 1.82) is 0 Å². The second-order valence-corrected chi connectivity index (χ2v) is 10.3. The van der Waals surface area contributed by atoms with Gasteiger partial charge in [-0.05, 0) is 45.0 Å². The van der Waals surface area contributed by atoms with Gasteiger partial charge in [0.2, 0.25) is 10.0 Å². The SMILES string of the molecule is Cc1ccc(N2C(=O)N(CN3CCN(S(=O)(=O)c4ccc(C)cc4)CC3)C(=O)[C@@H]2C)cc1. The van der Waals surface area contributed by atoms with Gasteiger partial charge in [0, 0.05) is 31.9 Å². The fraction of sp³-hybridized carbons (Fsp3) is 0.391. The van der Waals surface area contributed by atoms with Crippen molar-refractivity contribution in [1.82, 2.24) is 14.1 Å². The maximum absolute atomic E-state index is 13.0. The minimum Gasteiger partial charge on any atom is -0.283 e. The third-order valence-corrected chi connectivity index (χ3v) is 8.00. The molecule has 2 heterocycles. The average molecular weight is 457 g/mol. The molecule has 0 aliphatic carbocycles. The summed E-state index contributed by atoms with van der Waals surface area (Å²) in [5.41, 5.74) is 2.77. The molecular weight excluding hydrogens is 428 g/mol. The minimum absolute atomic E-state index is 0.156. The topological polar surface area (TPSA) is 81.2 Å². The van der Waals surface area contributed by atoms with Gasteiger partial charge < -0.3 is 0 Å². The summed E-state index contributed by atoms with van der Waals surface area (Å²) in [6, 6.07) is 13.4. The van der Waals surface area contributed by atoms with Gasteiger partial charge in [-0.3, -0.25) is 14.6 Å². The highest BCUT2D eigenvalue weighted by atomic mass is 32.2. The Balaban J connectivity index is 1.40. The summed E-state index contributed by atoms with van der Waals surface area (Å²) in [6.07, 6.45) is 0. The van der Waals surface area contributed by atoms with Crippen LogP contribution in [-0.2, 0) is 14.8 Å². The highest BCUT2D eigenvalue weighted by Gasteiger charge is 2.44. The molecule has 4 rings (SSSR count). The second kappa shape index (κ2) is 8.65. The van der Waals surface area contributed by atoms with Gasteiger partial charge in [-0.25, -0.2) is 18.1 Å². The first-order chi connectivity index (χ1) is 15.2. The van der Waals surface area contributed by atoms with Crippen molar-refractivity contribution in [2.24, 2.45) is 0 Å². The van der Waals surface area contributed by atoms with Crippen LogP contribution in [0.4, 0.5) is 10.5 Å². The van der Waals surface area contributed by atoms with Crippen molar-refractivity contribution >= 4 is 27.6 Å². The molecule has 170 valence electrons. The van der Waals surface area contributed by atoms with Crippen LogP contribution in [0.3, 0.4) is 0 Å². The number of urea groups is 1. The zero-order chi connectivity index (χ0) is 23.0. The van der Waals surface area contributed by atoms with Crippen LogP contribution in [0.25, 0.3) is 0 Å². The van der Waals surface area contributed by atoms with E-state index in [0.717, 1.165) is 11.1 Å². The molecule has 32 heavy (non-hydrogen) atoms. The average Bonchev–Trinajstić information content (AvgIpc) is 2.98. The molecule has 2 saturated heterocycles. The van der Waals surface area contributed by atoms with Crippen LogP contribution >= 0.6 is 0 Å². The molecule has 0 bridgehead atoms. The molecule has 8 nitrogen and oxygen atoms in total. The molecule has 0 spiro atoms. The van der Waals surface area contributed by atoms with E-state index in [9.17, 15) is 18.0 Å². The van der Waals surface area contributed by atoms with Gasteiger partial charge in [-0.1, -0.05) is 35.4 Å². The van der Waals surface area contributed by atoms with Crippen LogP contribution in [0.1, 0.15) is 18.1 Å². The van der Waals surface area contributed by atoms with Gasteiger partial charge in [0.25, 0.3) is 5.91 Å². The quantitative estimate of drug-likeness (QED) is 0.646. The summed E-state index contributed by atoms with van der Waals surface area (Å²) < 4.78 is 27.3. The molecular formula is C23H28N4O4S. The van der Waals surface area contributed by atoms with Gasteiger partial charge >= 0.3 is 6.03 Å². The number of rotatable bonds is 5. The van der Waals surface area contributed by atoms with Gasteiger partial charge in [0.15, 0.2) is 0 Å². The molecule has 0 unspecified atom stereocenters. The first kappa shape index (κ1) is 22.4. The Kier molecular flexibility index (Phi) is 6.07. The van der Waals surface area contributed by atoms with Gasteiger partial charge in [0.1, 0.15) is 6.04 Å². The molecule has 0 saturated carbocycles. The Labute approximate surface area is 189 Å². The molecule has 0 aromatic heterocycles. The van der Waals surface area contributed by atoms with E-state index in [1.807, 2.05) is 43.0 Å². The number of aryl methyl sites for hydroxylation is 2. The number of nitrogens with zero attached hydrogens (tertiary/aromatic N) is 4. The van der Waals surface area contributed by atoms with Crippen LogP contribution < -0.4 is 4.90 Å². The highest BCUT2D eigenvalue weighted by molar-refractivity contribution is 7.89. The molecule has 2 fully saturated rings. The largest absolute Gasteiger partial charge is 0.333 e. The Hall–Kier alpha value is -2.75. The van der Waals surface area contributed by atoms with E-state index in [4.69, 9.17) is 0 Å². The van der Waals surface area contributed by atoms with Gasteiger partial charge in [-0.15, -0.1) is 0 Å². The Morgan fingerprint density at radius 1 is 0.844 bits per heavy atom. The first-order valence-electron chi connectivity index (χ1n) is 10.7. The van der Waals surface area contributed by atoms with Crippen LogP contribution in [0, 0.1) is 13.8 Å². The maximum Gasteiger partial charge on any atom is 0.333 e. The standard InChI is InChI=1S/C23H28N4O4S/c1-17-4-8-20(9-5-17)27-19(3)22(28)26(23(27)29)16-24-12-14-25(15-13-24)32(30,31)21-10-6-18(2)7-11-21/h4-11,19H,12-16H2,1-3H3/t19-/m0/s1. The maximum atomic E-state index is 13.0. The number of hydrogen-bond acceptors (Lipinski definition) is 5.